The van der Waals surface area contributed by atoms with E-state index in [9.17, 15) is 0 Å². The number of hydrogen-bond acceptors (Lipinski definition) is 4. The van der Waals surface area contributed by atoms with Gasteiger partial charge in [-0.1, -0.05) is 6.92 Å². The number of fused-ring (bicyclic) bond motifs is 1. The van der Waals surface area contributed by atoms with Crippen molar-refractivity contribution in [1.82, 2.24) is 14.6 Å². The quantitative estimate of drug-likeness (QED) is 0.804. The first-order chi connectivity index (χ1) is 8.69. The number of anilines is 1. The number of nitrogens with one attached hydrogen (secondary N) is 1. The van der Waals surface area contributed by atoms with Gasteiger partial charge in [0.25, 0.3) is 0 Å². The molecule has 2 aromatic heterocycles. The van der Waals surface area contributed by atoms with E-state index in [0.29, 0.717) is 11.9 Å². The molecule has 2 aromatic rings. The standard InChI is InChI=1S/C12H17BrN4O/c1-9(8-18)3-2-6-14-12-15-11-5-4-10(13)7-17(11)16-12/h4-5,7,9,18H,2-3,6,8H2,1H3,(H,14,16). The molecule has 0 saturated carbocycles. The van der Waals surface area contributed by atoms with Crippen LogP contribution in [0, 0.1) is 5.92 Å². The minimum absolute atomic E-state index is 0.251. The van der Waals surface area contributed by atoms with Crippen LogP contribution in [0.4, 0.5) is 5.95 Å². The largest absolute Gasteiger partial charge is 0.396 e. The summed E-state index contributed by atoms with van der Waals surface area (Å²) in [4.78, 5) is 4.36. The highest BCUT2D eigenvalue weighted by atomic mass is 79.9. The van der Waals surface area contributed by atoms with Gasteiger partial charge in [-0.15, -0.1) is 5.10 Å². The number of aromatic nitrogens is 3. The monoisotopic (exact) mass is 312 g/mol. The lowest BCUT2D eigenvalue weighted by molar-refractivity contribution is 0.229. The Morgan fingerprint density at radius 1 is 1.50 bits per heavy atom. The molecule has 0 aliphatic heterocycles. The van der Waals surface area contributed by atoms with Crippen LogP contribution in [0.5, 0.6) is 0 Å². The normalized spacial score (nSPS) is 12.8. The molecular weight excluding hydrogens is 296 g/mol. The summed E-state index contributed by atoms with van der Waals surface area (Å²) in [5, 5.41) is 16.4. The maximum atomic E-state index is 8.92. The first-order valence-corrected chi connectivity index (χ1v) is 6.85. The minimum atomic E-state index is 0.251. The third-order valence-electron chi connectivity index (χ3n) is 2.76. The summed E-state index contributed by atoms with van der Waals surface area (Å²) in [6, 6.07) is 3.85. The van der Waals surface area contributed by atoms with Crippen molar-refractivity contribution in [2.24, 2.45) is 5.92 Å². The molecule has 2 N–H and O–H groups in total. The minimum Gasteiger partial charge on any atom is -0.396 e. The highest BCUT2D eigenvalue weighted by molar-refractivity contribution is 9.10. The van der Waals surface area contributed by atoms with Gasteiger partial charge in [-0.3, -0.25) is 0 Å². The van der Waals surface area contributed by atoms with Gasteiger partial charge in [-0.2, -0.15) is 4.98 Å². The van der Waals surface area contributed by atoms with Gasteiger partial charge < -0.3 is 10.4 Å². The summed E-state index contributed by atoms with van der Waals surface area (Å²) in [6.45, 7) is 3.11. The molecule has 0 spiro atoms. The van der Waals surface area contributed by atoms with Crippen LogP contribution in [0.15, 0.2) is 22.8 Å². The predicted molar refractivity (Wildman–Crippen MR) is 74.7 cm³/mol. The molecule has 0 fully saturated rings. The average molecular weight is 313 g/mol. The van der Waals surface area contributed by atoms with Gasteiger partial charge in [-0.25, -0.2) is 4.52 Å². The summed E-state index contributed by atoms with van der Waals surface area (Å²) in [7, 11) is 0. The zero-order chi connectivity index (χ0) is 13.0. The lowest BCUT2D eigenvalue weighted by atomic mass is 10.1. The Hall–Kier alpha value is -1.14. The van der Waals surface area contributed by atoms with Gasteiger partial charge in [0.1, 0.15) is 0 Å². The number of aliphatic hydroxyl groups excluding tert-OH is 1. The van der Waals surface area contributed by atoms with Crippen molar-refractivity contribution in [2.45, 2.75) is 19.8 Å². The molecule has 1 unspecified atom stereocenters. The molecule has 1 atom stereocenters. The third kappa shape index (κ3) is 3.43. The van der Waals surface area contributed by atoms with E-state index >= 15 is 0 Å². The van der Waals surface area contributed by atoms with E-state index in [1.807, 2.05) is 25.3 Å². The molecule has 2 rings (SSSR count). The number of hydrogen-bond donors (Lipinski definition) is 2. The number of aliphatic hydroxyl groups is 1. The molecule has 0 aliphatic carbocycles. The van der Waals surface area contributed by atoms with E-state index < -0.39 is 0 Å². The lowest BCUT2D eigenvalue weighted by Crippen LogP contribution is -2.07. The van der Waals surface area contributed by atoms with Crippen LogP contribution in [0.1, 0.15) is 19.8 Å². The first kappa shape index (κ1) is 13.3. The van der Waals surface area contributed by atoms with Gasteiger partial charge in [0.15, 0.2) is 5.65 Å². The molecule has 0 amide bonds. The Labute approximate surface area is 114 Å². The summed E-state index contributed by atoms with van der Waals surface area (Å²) < 4.78 is 2.71. The number of rotatable bonds is 6. The molecule has 0 saturated heterocycles. The van der Waals surface area contributed by atoms with Crippen LogP contribution < -0.4 is 5.32 Å². The molecular formula is C12H17BrN4O. The Bertz CT molecular complexity index is 514. The first-order valence-electron chi connectivity index (χ1n) is 6.05. The third-order valence-corrected chi connectivity index (χ3v) is 3.23. The summed E-state index contributed by atoms with van der Waals surface area (Å²) in [5.74, 6) is 1.00. The second-order valence-corrected chi connectivity index (χ2v) is 5.36. The van der Waals surface area contributed by atoms with Crippen LogP contribution in [0.2, 0.25) is 0 Å². The second-order valence-electron chi connectivity index (χ2n) is 4.44. The number of nitrogens with zero attached hydrogens (tertiary/aromatic N) is 3. The second kappa shape index (κ2) is 6.15. The average Bonchev–Trinajstić information content (AvgIpc) is 2.76. The van der Waals surface area contributed by atoms with Crippen molar-refractivity contribution in [1.29, 1.82) is 0 Å². The lowest BCUT2D eigenvalue weighted by Gasteiger charge is -2.06. The van der Waals surface area contributed by atoms with Crippen molar-refractivity contribution in [2.75, 3.05) is 18.5 Å². The van der Waals surface area contributed by atoms with E-state index in [1.54, 1.807) is 4.52 Å². The van der Waals surface area contributed by atoms with E-state index in [4.69, 9.17) is 5.11 Å². The van der Waals surface area contributed by atoms with Crippen LogP contribution >= 0.6 is 15.9 Å². The van der Waals surface area contributed by atoms with Gasteiger partial charge >= 0.3 is 0 Å². The Morgan fingerprint density at radius 3 is 3.11 bits per heavy atom. The highest BCUT2D eigenvalue weighted by Gasteiger charge is 2.03. The maximum absolute atomic E-state index is 8.92. The van der Waals surface area contributed by atoms with Gasteiger partial charge in [0, 0.05) is 23.8 Å². The molecule has 0 bridgehead atoms. The SMILES string of the molecule is CC(CO)CCCNc1nc2ccc(Br)cn2n1. The van der Waals surface area contributed by atoms with Crippen molar-refractivity contribution in [3.63, 3.8) is 0 Å². The number of halogens is 1. The van der Waals surface area contributed by atoms with Crippen molar-refractivity contribution in [3.05, 3.63) is 22.8 Å². The molecule has 18 heavy (non-hydrogen) atoms. The van der Waals surface area contributed by atoms with Gasteiger partial charge in [0.05, 0.1) is 0 Å². The smallest absolute Gasteiger partial charge is 0.243 e. The molecule has 0 radical (unpaired) electrons. The van der Waals surface area contributed by atoms with Crippen molar-refractivity contribution >= 4 is 27.5 Å². The Morgan fingerprint density at radius 2 is 2.33 bits per heavy atom. The molecule has 6 heteroatoms. The van der Waals surface area contributed by atoms with Crippen LogP contribution in [-0.2, 0) is 0 Å². The topological polar surface area (TPSA) is 62.5 Å². The zero-order valence-electron chi connectivity index (χ0n) is 10.3. The van der Waals surface area contributed by atoms with Crippen LogP contribution in [0.3, 0.4) is 0 Å². The molecule has 98 valence electrons. The van der Waals surface area contributed by atoms with Crippen LogP contribution in [-0.4, -0.2) is 32.9 Å². The van der Waals surface area contributed by atoms with Crippen molar-refractivity contribution < 1.29 is 5.11 Å². The molecule has 0 aliphatic rings. The zero-order valence-corrected chi connectivity index (χ0v) is 11.9. The molecule has 0 aromatic carbocycles. The summed E-state index contributed by atoms with van der Waals surface area (Å²) in [6.07, 6.45) is 3.88. The fourth-order valence-electron chi connectivity index (χ4n) is 1.67. The molecule has 5 nitrogen and oxygen atoms in total. The fraction of sp³-hybridized carbons (Fsp3) is 0.500. The Balaban J connectivity index is 1.88. The van der Waals surface area contributed by atoms with E-state index in [1.165, 1.54) is 0 Å². The summed E-state index contributed by atoms with van der Waals surface area (Å²) >= 11 is 3.40. The number of pyridine rings is 1. The molecule has 2 heterocycles. The van der Waals surface area contributed by atoms with E-state index in [0.717, 1.165) is 29.5 Å². The van der Waals surface area contributed by atoms with E-state index in [2.05, 4.69) is 31.3 Å². The Kier molecular flexibility index (Phi) is 4.54. The summed E-state index contributed by atoms with van der Waals surface area (Å²) in [5.41, 5.74) is 0.824. The van der Waals surface area contributed by atoms with Gasteiger partial charge in [-0.05, 0) is 46.8 Å². The maximum Gasteiger partial charge on any atom is 0.243 e. The predicted octanol–water partition coefficient (Wildman–Crippen LogP) is 2.31. The van der Waals surface area contributed by atoms with Crippen LogP contribution in [0.25, 0.3) is 5.65 Å². The van der Waals surface area contributed by atoms with Gasteiger partial charge in [0.2, 0.25) is 5.95 Å². The van der Waals surface area contributed by atoms with Crippen molar-refractivity contribution in [3.8, 4) is 0 Å². The fourth-order valence-corrected chi connectivity index (χ4v) is 2.00. The highest BCUT2D eigenvalue weighted by Crippen LogP contribution is 2.12. The van der Waals surface area contributed by atoms with E-state index in [-0.39, 0.29) is 6.61 Å².